The van der Waals surface area contributed by atoms with E-state index in [0.29, 0.717) is 4.47 Å². The average molecular weight is 323 g/mol. The van der Waals surface area contributed by atoms with Crippen molar-refractivity contribution in [3.8, 4) is 0 Å². The fourth-order valence-corrected chi connectivity index (χ4v) is 3.08. The van der Waals surface area contributed by atoms with Crippen LogP contribution in [0.2, 0.25) is 0 Å². The lowest BCUT2D eigenvalue weighted by molar-refractivity contribution is 0.159. The first-order valence-electron chi connectivity index (χ1n) is 4.60. The molecule has 0 bridgehead atoms. The molecule has 0 aliphatic rings. The molecule has 1 aromatic carbocycles. The molecule has 0 unspecified atom stereocenters. The van der Waals surface area contributed by atoms with Crippen molar-refractivity contribution in [3.63, 3.8) is 0 Å². The predicted molar refractivity (Wildman–Crippen MR) is 64.9 cm³/mol. The Hall–Kier alpha value is -1.12. The Bertz CT molecular complexity index is 503. The monoisotopic (exact) mass is 322 g/mol. The first kappa shape index (κ1) is 13.9. The molecule has 0 saturated carbocycles. The van der Waals surface area contributed by atoms with Crippen LogP contribution in [0.15, 0.2) is 33.6 Å². The number of primary amides is 1. The third-order valence-electron chi connectivity index (χ3n) is 1.76. The lowest BCUT2D eigenvalue weighted by atomic mass is 10.4. The molecule has 8 heteroatoms. The van der Waals surface area contributed by atoms with Crippen molar-refractivity contribution in [1.29, 1.82) is 0 Å². The molecule has 0 aliphatic carbocycles. The number of nitrogens with two attached hydrogens (primary N) is 1. The van der Waals surface area contributed by atoms with Gasteiger partial charge in [-0.2, -0.15) is 0 Å². The van der Waals surface area contributed by atoms with E-state index in [1.165, 1.54) is 6.07 Å². The van der Waals surface area contributed by atoms with Crippen LogP contribution in [-0.2, 0) is 14.8 Å². The fraction of sp³-hybridized carbons (Fsp3) is 0.222. The molecule has 6 nitrogen and oxygen atoms in total. The number of amides is 1. The number of carbonyl (C=O) groups excluding carboxylic acids is 1. The summed E-state index contributed by atoms with van der Waals surface area (Å²) in [5, 5.41) is 0. The molecule has 0 spiro atoms. The van der Waals surface area contributed by atoms with Gasteiger partial charge in [-0.3, -0.25) is 0 Å². The third kappa shape index (κ3) is 4.33. The van der Waals surface area contributed by atoms with Crippen LogP contribution < -0.4 is 10.5 Å². The van der Waals surface area contributed by atoms with Gasteiger partial charge in [-0.05, 0) is 28.1 Å². The van der Waals surface area contributed by atoms with Gasteiger partial charge in [0.25, 0.3) is 0 Å². The molecule has 17 heavy (non-hydrogen) atoms. The molecule has 3 N–H and O–H groups in total. The Morgan fingerprint density at radius 3 is 2.65 bits per heavy atom. The highest BCUT2D eigenvalue weighted by Crippen LogP contribution is 2.20. The number of halogens is 1. The maximum absolute atomic E-state index is 11.8. The van der Waals surface area contributed by atoms with Gasteiger partial charge in [-0.1, -0.05) is 12.1 Å². The summed E-state index contributed by atoms with van der Waals surface area (Å²) in [6, 6.07) is 6.40. The number of rotatable bonds is 5. The highest BCUT2D eigenvalue weighted by Gasteiger charge is 2.16. The summed E-state index contributed by atoms with van der Waals surface area (Å²) in [7, 11) is -3.62. The van der Waals surface area contributed by atoms with Gasteiger partial charge >= 0.3 is 6.09 Å². The molecule has 94 valence electrons. The zero-order valence-electron chi connectivity index (χ0n) is 8.72. The fourth-order valence-electron chi connectivity index (χ4n) is 1.07. The molecule has 0 aliphatic heterocycles. The van der Waals surface area contributed by atoms with Gasteiger partial charge in [0.2, 0.25) is 10.0 Å². The maximum Gasteiger partial charge on any atom is 0.404 e. The second kappa shape index (κ2) is 5.99. The van der Waals surface area contributed by atoms with Gasteiger partial charge in [0.05, 0.1) is 4.90 Å². The van der Waals surface area contributed by atoms with E-state index >= 15 is 0 Å². The van der Waals surface area contributed by atoms with Crippen molar-refractivity contribution in [3.05, 3.63) is 28.7 Å². The summed E-state index contributed by atoms with van der Waals surface area (Å²) in [6.45, 7) is -0.147. The van der Waals surface area contributed by atoms with Crippen molar-refractivity contribution < 1.29 is 17.9 Å². The Morgan fingerprint density at radius 2 is 2.06 bits per heavy atom. The van der Waals surface area contributed by atoms with Gasteiger partial charge in [-0.25, -0.2) is 17.9 Å². The SMILES string of the molecule is NC(=O)OCCNS(=O)(=O)c1ccccc1Br. The standard InChI is InChI=1S/C9H11BrN2O4S/c10-7-3-1-2-4-8(7)17(14,15)12-5-6-16-9(11)13/h1-4,12H,5-6H2,(H2,11,13). The van der Waals surface area contributed by atoms with Crippen molar-refractivity contribution in [2.24, 2.45) is 5.73 Å². The summed E-state index contributed by atoms with van der Waals surface area (Å²) in [5.74, 6) is 0. The average Bonchev–Trinajstić information content (AvgIpc) is 2.24. The molecule has 1 rings (SSSR count). The number of ether oxygens (including phenoxy) is 1. The lowest BCUT2D eigenvalue weighted by Gasteiger charge is -2.07. The van der Waals surface area contributed by atoms with E-state index in [4.69, 9.17) is 5.73 Å². The summed E-state index contributed by atoms with van der Waals surface area (Å²) in [5.41, 5.74) is 4.73. The van der Waals surface area contributed by atoms with E-state index in [1.54, 1.807) is 18.2 Å². The molecule has 0 heterocycles. The number of nitrogens with one attached hydrogen (secondary N) is 1. The van der Waals surface area contributed by atoms with Gasteiger partial charge in [0, 0.05) is 11.0 Å². The second-order valence-electron chi connectivity index (χ2n) is 3.00. The molecular weight excluding hydrogens is 312 g/mol. The molecule has 0 fully saturated rings. The Morgan fingerprint density at radius 1 is 1.41 bits per heavy atom. The van der Waals surface area contributed by atoms with Crippen LogP contribution in [0.3, 0.4) is 0 Å². The molecule has 1 amide bonds. The van der Waals surface area contributed by atoms with Crippen LogP contribution in [0.4, 0.5) is 4.79 Å². The van der Waals surface area contributed by atoms with Crippen LogP contribution in [0.25, 0.3) is 0 Å². The van der Waals surface area contributed by atoms with Gasteiger partial charge in [0.15, 0.2) is 0 Å². The van der Waals surface area contributed by atoms with Crippen molar-refractivity contribution in [2.75, 3.05) is 13.2 Å². The summed E-state index contributed by atoms with van der Waals surface area (Å²) in [4.78, 5) is 10.4. The highest BCUT2D eigenvalue weighted by molar-refractivity contribution is 9.10. The zero-order chi connectivity index (χ0) is 12.9. The van der Waals surface area contributed by atoms with Crippen LogP contribution in [0, 0.1) is 0 Å². The van der Waals surface area contributed by atoms with E-state index in [1.807, 2.05) is 0 Å². The molecule has 0 aromatic heterocycles. The second-order valence-corrected chi connectivity index (χ2v) is 5.59. The van der Waals surface area contributed by atoms with E-state index < -0.39 is 16.1 Å². The van der Waals surface area contributed by atoms with E-state index in [-0.39, 0.29) is 18.0 Å². The van der Waals surface area contributed by atoms with Crippen molar-refractivity contribution >= 4 is 32.0 Å². The summed E-state index contributed by atoms with van der Waals surface area (Å²) < 4.78 is 30.7. The number of benzene rings is 1. The van der Waals surface area contributed by atoms with E-state index in [2.05, 4.69) is 25.4 Å². The predicted octanol–water partition coefficient (Wildman–Crippen LogP) is 0.823. The minimum atomic E-state index is -3.62. The van der Waals surface area contributed by atoms with Crippen molar-refractivity contribution in [2.45, 2.75) is 4.90 Å². The molecule has 1 aromatic rings. The Balaban J connectivity index is 2.64. The van der Waals surface area contributed by atoms with Crippen LogP contribution in [-0.4, -0.2) is 27.7 Å². The summed E-state index contributed by atoms with van der Waals surface area (Å²) in [6.07, 6.45) is -0.940. The Kier molecular flexibility index (Phi) is 4.91. The van der Waals surface area contributed by atoms with E-state index in [9.17, 15) is 13.2 Å². The van der Waals surface area contributed by atoms with Crippen LogP contribution >= 0.6 is 15.9 Å². The maximum atomic E-state index is 11.8. The quantitative estimate of drug-likeness (QED) is 0.784. The largest absolute Gasteiger partial charge is 0.448 e. The van der Waals surface area contributed by atoms with Crippen LogP contribution in [0.1, 0.15) is 0 Å². The number of sulfonamides is 1. The smallest absolute Gasteiger partial charge is 0.404 e. The topological polar surface area (TPSA) is 98.5 Å². The van der Waals surface area contributed by atoms with Gasteiger partial charge < -0.3 is 10.5 Å². The first-order valence-corrected chi connectivity index (χ1v) is 6.87. The lowest BCUT2D eigenvalue weighted by Crippen LogP contribution is -2.29. The minimum absolute atomic E-state index is 0.0351. The first-order chi connectivity index (χ1) is 7.93. The molecule has 0 saturated heterocycles. The normalized spacial score (nSPS) is 11.1. The molecule has 0 atom stereocenters. The van der Waals surface area contributed by atoms with Crippen LogP contribution in [0.5, 0.6) is 0 Å². The Labute approximate surface area is 107 Å². The highest BCUT2D eigenvalue weighted by atomic mass is 79.9. The third-order valence-corrected chi connectivity index (χ3v) is 4.24. The molecule has 0 radical (unpaired) electrons. The minimum Gasteiger partial charge on any atom is -0.448 e. The summed E-state index contributed by atoms with van der Waals surface area (Å²) >= 11 is 3.14. The zero-order valence-corrected chi connectivity index (χ0v) is 11.1. The molecular formula is C9H11BrN2O4S. The number of carbonyl (C=O) groups is 1. The number of hydrogen-bond acceptors (Lipinski definition) is 4. The number of hydrogen-bond donors (Lipinski definition) is 2. The van der Waals surface area contributed by atoms with Crippen molar-refractivity contribution in [1.82, 2.24) is 4.72 Å². The van der Waals surface area contributed by atoms with Gasteiger partial charge in [0.1, 0.15) is 6.61 Å². The van der Waals surface area contributed by atoms with Gasteiger partial charge in [-0.15, -0.1) is 0 Å². The van der Waals surface area contributed by atoms with E-state index in [0.717, 1.165) is 0 Å².